The van der Waals surface area contributed by atoms with Crippen molar-refractivity contribution in [2.75, 3.05) is 19.8 Å². The zero-order valence-corrected chi connectivity index (χ0v) is 19.9. The molecular formula is C24H29BrN2O4. The largest absolute Gasteiger partial charge is 0.490 e. The number of hydrogen-bond donors (Lipinski definition) is 1. The van der Waals surface area contributed by atoms with Gasteiger partial charge in [0.1, 0.15) is 6.61 Å². The minimum Gasteiger partial charge on any atom is -0.490 e. The number of halogens is 1. The molecule has 0 bridgehead atoms. The van der Waals surface area contributed by atoms with Gasteiger partial charge in [-0.1, -0.05) is 13.3 Å². The van der Waals surface area contributed by atoms with Crippen LogP contribution in [0, 0.1) is 23.2 Å². The summed E-state index contributed by atoms with van der Waals surface area (Å²) >= 11 is 3.55. The van der Waals surface area contributed by atoms with Crippen LogP contribution in [0.25, 0.3) is 0 Å². The molecular weight excluding hydrogens is 460 g/mol. The van der Waals surface area contributed by atoms with Crippen molar-refractivity contribution in [2.24, 2.45) is 16.8 Å². The highest BCUT2D eigenvalue weighted by Crippen LogP contribution is 2.48. The molecule has 3 rings (SSSR count). The van der Waals surface area contributed by atoms with E-state index in [1.165, 1.54) is 0 Å². The number of aliphatic hydroxyl groups is 1. The molecule has 0 amide bonds. The number of ketones is 1. The van der Waals surface area contributed by atoms with Gasteiger partial charge in [-0.3, -0.25) is 9.79 Å². The maximum atomic E-state index is 13.2. The van der Waals surface area contributed by atoms with E-state index in [0.717, 1.165) is 36.2 Å². The molecule has 166 valence electrons. The standard InChI is InChI=1S/C24H29BrN2O4/c1-4-6-15-9-19-23(20(29)10-15)22(17(13-26)14(3)27-19)16-11-18(25)24(31-8-7-28)21(12-16)30-5-2/h11-12,15,17,22,28H,4-10H2,1-3H3. The number of Topliss-reactive ketones (excluding diaryl/α,β-unsaturated/α-hetero) is 1. The maximum absolute atomic E-state index is 13.2. The van der Waals surface area contributed by atoms with Gasteiger partial charge in [-0.05, 0) is 66.2 Å². The van der Waals surface area contributed by atoms with E-state index in [1.807, 2.05) is 26.0 Å². The van der Waals surface area contributed by atoms with Gasteiger partial charge >= 0.3 is 0 Å². The number of nitrogens with zero attached hydrogens (tertiary/aromatic N) is 2. The summed E-state index contributed by atoms with van der Waals surface area (Å²) < 4.78 is 12.1. The Kier molecular flexibility index (Phi) is 7.90. The summed E-state index contributed by atoms with van der Waals surface area (Å²) in [5.74, 6) is 0.516. The smallest absolute Gasteiger partial charge is 0.175 e. The third-order valence-electron chi connectivity index (χ3n) is 5.84. The second kappa shape index (κ2) is 10.4. The average Bonchev–Trinajstić information content (AvgIpc) is 2.72. The van der Waals surface area contributed by atoms with E-state index in [2.05, 4.69) is 28.9 Å². The van der Waals surface area contributed by atoms with Gasteiger partial charge in [0.25, 0.3) is 0 Å². The molecule has 7 heteroatoms. The fourth-order valence-electron chi connectivity index (χ4n) is 4.60. The van der Waals surface area contributed by atoms with Crippen molar-refractivity contribution in [1.29, 1.82) is 5.26 Å². The molecule has 0 saturated carbocycles. The van der Waals surface area contributed by atoms with Crippen LogP contribution in [0.2, 0.25) is 0 Å². The molecule has 1 aliphatic carbocycles. The number of carbonyl (C=O) groups excluding carboxylic acids is 1. The molecule has 0 saturated heterocycles. The minimum atomic E-state index is -0.518. The Morgan fingerprint density at radius 1 is 1.29 bits per heavy atom. The van der Waals surface area contributed by atoms with Gasteiger partial charge < -0.3 is 14.6 Å². The number of carbonyl (C=O) groups is 1. The molecule has 0 radical (unpaired) electrons. The van der Waals surface area contributed by atoms with Crippen LogP contribution in [0.15, 0.2) is 32.9 Å². The third kappa shape index (κ3) is 4.86. The minimum absolute atomic E-state index is 0.0934. The van der Waals surface area contributed by atoms with E-state index < -0.39 is 11.8 Å². The van der Waals surface area contributed by atoms with Crippen LogP contribution in [0.4, 0.5) is 0 Å². The predicted octanol–water partition coefficient (Wildman–Crippen LogP) is 4.95. The molecule has 1 aromatic rings. The number of nitriles is 1. The normalized spacial score (nSPS) is 23.2. The molecule has 0 spiro atoms. The van der Waals surface area contributed by atoms with Crippen molar-refractivity contribution in [3.05, 3.63) is 33.4 Å². The number of aliphatic imine (C=N–C) groups is 1. The summed E-state index contributed by atoms with van der Waals surface area (Å²) in [4.78, 5) is 17.9. The highest BCUT2D eigenvalue weighted by Gasteiger charge is 2.41. The molecule has 1 heterocycles. The summed E-state index contributed by atoms with van der Waals surface area (Å²) in [7, 11) is 0. The molecule has 0 fully saturated rings. The van der Waals surface area contributed by atoms with E-state index in [-0.39, 0.29) is 19.0 Å². The van der Waals surface area contributed by atoms with Crippen molar-refractivity contribution in [3.8, 4) is 17.6 Å². The van der Waals surface area contributed by atoms with E-state index >= 15 is 0 Å². The lowest BCUT2D eigenvalue weighted by atomic mass is 9.70. The predicted molar refractivity (Wildman–Crippen MR) is 123 cm³/mol. The van der Waals surface area contributed by atoms with Crippen molar-refractivity contribution in [3.63, 3.8) is 0 Å². The fraction of sp³-hybridized carbons (Fsp3) is 0.542. The molecule has 3 atom stereocenters. The van der Waals surface area contributed by atoms with Crippen molar-refractivity contribution >= 4 is 27.4 Å². The van der Waals surface area contributed by atoms with Gasteiger partial charge in [0.2, 0.25) is 0 Å². The molecule has 2 aliphatic rings. The number of rotatable bonds is 8. The Morgan fingerprint density at radius 3 is 2.71 bits per heavy atom. The topological polar surface area (TPSA) is 91.9 Å². The van der Waals surface area contributed by atoms with Crippen LogP contribution in [-0.2, 0) is 4.79 Å². The first-order chi connectivity index (χ1) is 14.9. The van der Waals surface area contributed by atoms with Crippen LogP contribution >= 0.6 is 15.9 Å². The molecule has 1 aliphatic heterocycles. The van der Waals surface area contributed by atoms with Gasteiger partial charge in [0.15, 0.2) is 17.3 Å². The van der Waals surface area contributed by atoms with Gasteiger partial charge in [-0.15, -0.1) is 0 Å². The van der Waals surface area contributed by atoms with Crippen molar-refractivity contribution in [2.45, 2.75) is 52.4 Å². The van der Waals surface area contributed by atoms with Crippen LogP contribution in [-0.4, -0.2) is 36.4 Å². The quantitative estimate of drug-likeness (QED) is 0.558. The molecule has 6 nitrogen and oxygen atoms in total. The van der Waals surface area contributed by atoms with Crippen LogP contribution in [0.1, 0.15) is 57.9 Å². The number of aliphatic hydroxyl groups excluding tert-OH is 1. The molecule has 1 aromatic carbocycles. The SMILES string of the molecule is CCCC1CC(=O)C2=C(C1)N=C(C)C(C#N)C2c1cc(Br)c(OCCO)c(OCC)c1. The average molecular weight is 489 g/mol. The van der Waals surface area contributed by atoms with Crippen LogP contribution < -0.4 is 9.47 Å². The fourth-order valence-corrected chi connectivity index (χ4v) is 5.17. The molecule has 1 N–H and O–H groups in total. The first-order valence-corrected chi connectivity index (χ1v) is 11.6. The van der Waals surface area contributed by atoms with Gasteiger partial charge in [-0.25, -0.2) is 0 Å². The highest BCUT2D eigenvalue weighted by atomic mass is 79.9. The lowest BCUT2D eigenvalue weighted by Gasteiger charge is -2.35. The van der Waals surface area contributed by atoms with Crippen molar-refractivity contribution in [1.82, 2.24) is 0 Å². The first-order valence-electron chi connectivity index (χ1n) is 10.9. The Balaban J connectivity index is 2.12. The Bertz CT molecular complexity index is 948. The summed E-state index contributed by atoms with van der Waals surface area (Å²) in [5.41, 5.74) is 3.06. The Morgan fingerprint density at radius 2 is 2.06 bits per heavy atom. The van der Waals surface area contributed by atoms with E-state index in [0.29, 0.717) is 40.5 Å². The zero-order valence-electron chi connectivity index (χ0n) is 18.3. The van der Waals surface area contributed by atoms with Crippen LogP contribution in [0.3, 0.4) is 0 Å². The van der Waals surface area contributed by atoms with E-state index in [1.54, 1.807) is 0 Å². The lowest BCUT2D eigenvalue weighted by molar-refractivity contribution is -0.117. The number of ether oxygens (including phenoxy) is 2. The van der Waals surface area contributed by atoms with Gasteiger partial charge in [0, 0.05) is 29.3 Å². The monoisotopic (exact) mass is 488 g/mol. The summed E-state index contributed by atoms with van der Waals surface area (Å²) in [5, 5.41) is 19.1. The number of benzene rings is 1. The van der Waals surface area contributed by atoms with Crippen molar-refractivity contribution < 1.29 is 19.4 Å². The molecule has 3 unspecified atom stereocenters. The highest BCUT2D eigenvalue weighted by molar-refractivity contribution is 9.10. The van der Waals surface area contributed by atoms with E-state index in [9.17, 15) is 10.1 Å². The number of allylic oxidation sites excluding steroid dienone is 2. The molecule has 31 heavy (non-hydrogen) atoms. The third-order valence-corrected chi connectivity index (χ3v) is 6.43. The second-order valence-corrected chi connectivity index (χ2v) is 8.87. The Labute approximate surface area is 192 Å². The Hall–Kier alpha value is -2.17. The lowest BCUT2D eigenvalue weighted by Crippen LogP contribution is -2.32. The van der Waals surface area contributed by atoms with E-state index in [4.69, 9.17) is 19.6 Å². The maximum Gasteiger partial charge on any atom is 0.175 e. The zero-order chi connectivity index (χ0) is 22.5. The second-order valence-electron chi connectivity index (χ2n) is 8.02. The van der Waals surface area contributed by atoms with Gasteiger partial charge in [-0.2, -0.15) is 5.26 Å². The summed E-state index contributed by atoms with van der Waals surface area (Å²) in [6.45, 7) is 6.34. The summed E-state index contributed by atoms with van der Waals surface area (Å²) in [6.07, 6.45) is 3.32. The summed E-state index contributed by atoms with van der Waals surface area (Å²) in [6, 6.07) is 6.11. The molecule has 0 aromatic heterocycles. The van der Waals surface area contributed by atoms with Gasteiger partial charge in [0.05, 0.1) is 29.7 Å². The number of hydrogen-bond acceptors (Lipinski definition) is 6. The first kappa shape index (κ1) is 23.5. The van der Waals surface area contributed by atoms with Crippen LogP contribution in [0.5, 0.6) is 11.5 Å².